The van der Waals surface area contributed by atoms with Crippen molar-refractivity contribution < 1.29 is 17.9 Å². The molecule has 9 heteroatoms. The lowest BCUT2D eigenvalue weighted by Gasteiger charge is -2.14. The fourth-order valence-corrected chi connectivity index (χ4v) is 5.47. The quantitative estimate of drug-likeness (QED) is 0.488. The zero-order valence-corrected chi connectivity index (χ0v) is 20.2. The molecule has 4 rings (SSSR count). The van der Waals surface area contributed by atoms with Gasteiger partial charge in [0, 0.05) is 17.1 Å². The highest BCUT2D eigenvalue weighted by Crippen LogP contribution is 2.32. The van der Waals surface area contributed by atoms with Gasteiger partial charge in [0.15, 0.2) is 0 Å². The molecule has 1 saturated carbocycles. The minimum atomic E-state index is -3.67. The maximum absolute atomic E-state index is 13.2. The third-order valence-electron chi connectivity index (χ3n) is 5.34. The molecule has 0 spiro atoms. The van der Waals surface area contributed by atoms with Gasteiger partial charge in [0.05, 0.1) is 23.3 Å². The number of carbonyl (C=O) groups is 1. The second-order valence-corrected chi connectivity index (χ2v) is 10.7. The Morgan fingerprint density at radius 3 is 2.58 bits per heavy atom. The summed E-state index contributed by atoms with van der Waals surface area (Å²) in [5.41, 5.74) is 3.00. The largest absolute Gasteiger partial charge is 0.495 e. The van der Waals surface area contributed by atoms with Gasteiger partial charge < -0.3 is 10.1 Å². The van der Waals surface area contributed by atoms with E-state index in [4.69, 9.17) is 4.74 Å². The number of anilines is 1. The van der Waals surface area contributed by atoms with Crippen LogP contribution in [-0.4, -0.2) is 32.5 Å². The highest BCUT2D eigenvalue weighted by Gasteiger charge is 2.28. The van der Waals surface area contributed by atoms with Crippen molar-refractivity contribution in [1.29, 1.82) is 0 Å². The maximum atomic E-state index is 13.2. The highest BCUT2D eigenvalue weighted by atomic mass is 32.2. The molecule has 7 nitrogen and oxygen atoms in total. The molecule has 1 heterocycles. The van der Waals surface area contributed by atoms with Gasteiger partial charge in [0.1, 0.15) is 10.8 Å². The van der Waals surface area contributed by atoms with Crippen LogP contribution < -0.4 is 14.8 Å². The molecular weight excluding hydrogens is 458 g/mol. The summed E-state index contributed by atoms with van der Waals surface area (Å²) in [6, 6.07) is 13.9. The average Bonchev–Trinajstić information content (AvgIpc) is 3.60. The lowest BCUT2D eigenvalue weighted by Crippen LogP contribution is -2.26. The van der Waals surface area contributed by atoms with Gasteiger partial charge in [-0.1, -0.05) is 17.8 Å². The van der Waals surface area contributed by atoms with Gasteiger partial charge in [-0.05, 0) is 80.3 Å². The van der Waals surface area contributed by atoms with Crippen LogP contribution in [0.2, 0.25) is 0 Å². The van der Waals surface area contributed by atoms with E-state index in [0.29, 0.717) is 16.3 Å². The summed E-state index contributed by atoms with van der Waals surface area (Å²) in [5, 5.41) is 3.35. The molecule has 0 aliphatic heterocycles. The van der Waals surface area contributed by atoms with Gasteiger partial charge in [-0.25, -0.2) is 18.1 Å². The number of carbonyl (C=O) groups excluding carboxylic acids is 1. The topological polar surface area (TPSA) is 97.4 Å². The lowest BCUT2D eigenvalue weighted by atomic mass is 10.1. The molecule has 2 N–H and O–H groups in total. The summed E-state index contributed by atoms with van der Waals surface area (Å²) < 4.78 is 33.2. The summed E-state index contributed by atoms with van der Waals surface area (Å²) in [6.07, 6.45) is 3.30. The number of rotatable bonds is 8. The number of hydrogen-bond donors (Lipinski definition) is 2. The normalized spacial score (nSPS) is 13.5. The van der Waals surface area contributed by atoms with Crippen molar-refractivity contribution in [2.45, 2.75) is 47.5 Å². The molecule has 1 fully saturated rings. The Bertz CT molecular complexity index is 1300. The second-order valence-electron chi connectivity index (χ2n) is 7.92. The molecular formula is C24H25N3O4S2. The number of methoxy groups -OCH3 is 1. The summed E-state index contributed by atoms with van der Waals surface area (Å²) in [4.78, 5) is 18.6. The van der Waals surface area contributed by atoms with Gasteiger partial charge in [-0.15, -0.1) is 0 Å². The van der Waals surface area contributed by atoms with Crippen molar-refractivity contribution in [3.63, 3.8) is 0 Å². The fourth-order valence-electron chi connectivity index (χ4n) is 3.16. The Morgan fingerprint density at radius 1 is 1.09 bits per heavy atom. The lowest BCUT2D eigenvalue weighted by molar-refractivity contribution is 0.102. The molecule has 1 aliphatic rings. The predicted molar refractivity (Wildman–Crippen MR) is 129 cm³/mol. The van der Waals surface area contributed by atoms with Crippen molar-refractivity contribution in [2.24, 2.45) is 0 Å². The standard InChI is InChI=1S/C24H25N3O4S2/c1-15-6-9-18(13-16(15)2)32-24-20(5-4-12-25-24)23(28)26-21-14-19(10-11-22(21)31-3)33(29,30)27-17-7-8-17/h4-6,9-14,17,27H,7-8H2,1-3H3,(H,26,28). The first kappa shape index (κ1) is 23.3. The molecule has 3 aromatic rings. The van der Waals surface area contributed by atoms with Crippen LogP contribution in [0.3, 0.4) is 0 Å². The number of amides is 1. The van der Waals surface area contributed by atoms with E-state index >= 15 is 0 Å². The van der Waals surface area contributed by atoms with Crippen LogP contribution in [0.1, 0.15) is 34.3 Å². The molecule has 0 unspecified atom stereocenters. The summed E-state index contributed by atoms with van der Waals surface area (Å²) in [6.45, 7) is 4.09. The second kappa shape index (κ2) is 9.54. The van der Waals surface area contributed by atoms with E-state index in [1.54, 1.807) is 18.3 Å². The number of pyridine rings is 1. The minimum absolute atomic E-state index is 0.0180. The number of nitrogens with one attached hydrogen (secondary N) is 2. The monoisotopic (exact) mass is 483 g/mol. The minimum Gasteiger partial charge on any atom is -0.495 e. The Labute approximate surface area is 198 Å². The van der Waals surface area contributed by atoms with Crippen LogP contribution in [0.4, 0.5) is 5.69 Å². The maximum Gasteiger partial charge on any atom is 0.258 e. The van der Waals surface area contributed by atoms with E-state index in [9.17, 15) is 13.2 Å². The number of nitrogens with zero attached hydrogens (tertiary/aromatic N) is 1. The van der Waals surface area contributed by atoms with Gasteiger partial charge in [-0.2, -0.15) is 0 Å². The number of benzene rings is 2. The highest BCUT2D eigenvalue weighted by molar-refractivity contribution is 7.99. The third kappa shape index (κ3) is 5.55. The molecule has 0 saturated heterocycles. The van der Waals surface area contributed by atoms with Crippen molar-refractivity contribution in [3.8, 4) is 5.75 Å². The Morgan fingerprint density at radius 2 is 1.88 bits per heavy atom. The summed E-state index contributed by atoms with van der Waals surface area (Å²) in [5.74, 6) is -0.0431. The van der Waals surface area contributed by atoms with Crippen molar-refractivity contribution >= 4 is 33.4 Å². The molecule has 2 aromatic carbocycles. The first-order valence-corrected chi connectivity index (χ1v) is 12.8. The average molecular weight is 484 g/mol. The first-order chi connectivity index (χ1) is 15.8. The van der Waals surface area contributed by atoms with Gasteiger partial charge >= 0.3 is 0 Å². The van der Waals surface area contributed by atoms with E-state index in [-0.39, 0.29) is 16.6 Å². The Kier molecular flexibility index (Phi) is 6.73. The molecule has 1 aliphatic carbocycles. The smallest absolute Gasteiger partial charge is 0.258 e. The Balaban J connectivity index is 1.60. The van der Waals surface area contributed by atoms with E-state index in [1.807, 2.05) is 26.0 Å². The van der Waals surface area contributed by atoms with Crippen LogP contribution in [0.15, 0.2) is 69.5 Å². The zero-order valence-electron chi connectivity index (χ0n) is 18.6. The number of sulfonamides is 1. The van der Waals surface area contributed by atoms with Crippen LogP contribution in [0.5, 0.6) is 5.75 Å². The predicted octanol–water partition coefficient (Wildman–Crippen LogP) is 4.55. The molecule has 1 amide bonds. The first-order valence-electron chi connectivity index (χ1n) is 10.5. The Hall–Kier alpha value is -2.88. The number of hydrogen-bond acceptors (Lipinski definition) is 6. The molecule has 172 valence electrons. The van der Waals surface area contributed by atoms with Gasteiger partial charge in [0.25, 0.3) is 5.91 Å². The summed E-state index contributed by atoms with van der Waals surface area (Å²) in [7, 11) is -2.21. The van der Waals surface area contributed by atoms with Crippen molar-refractivity contribution in [1.82, 2.24) is 9.71 Å². The number of aryl methyl sites for hydroxylation is 2. The van der Waals surface area contributed by atoms with E-state index in [0.717, 1.165) is 23.3 Å². The molecule has 1 aromatic heterocycles. The van der Waals surface area contributed by atoms with Crippen LogP contribution in [-0.2, 0) is 10.0 Å². The molecule has 0 bridgehead atoms. The molecule has 0 atom stereocenters. The zero-order chi connectivity index (χ0) is 23.6. The fraction of sp³-hybridized carbons (Fsp3) is 0.250. The van der Waals surface area contributed by atoms with E-state index < -0.39 is 15.9 Å². The third-order valence-corrected chi connectivity index (χ3v) is 7.86. The van der Waals surface area contributed by atoms with E-state index in [1.165, 1.54) is 42.6 Å². The van der Waals surface area contributed by atoms with Gasteiger partial charge in [-0.3, -0.25) is 4.79 Å². The molecule has 0 radical (unpaired) electrons. The van der Waals surface area contributed by atoms with E-state index in [2.05, 4.69) is 21.1 Å². The van der Waals surface area contributed by atoms with Crippen LogP contribution >= 0.6 is 11.8 Å². The SMILES string of the molecule is COc1ccc(S(=O)(=O)NC2CC2)cc1NC(=O)c1cccnc1Sc1ccc(C)c(C)c1. The molecule has 33 heavy (non-hydrogen) atoms. The van der Waals surface area contributed by atoms with Crippen molar-refractivity contribution in [3.05, 3.63) is 71.4 Å². The van der Waals surface area contributed by atoms with Crippen molar-refractivity contribution in [2.75, 3.05) is 12.4 Å². The van der Waals surface area contributed by atoms with Crippen LogP contribution in [0, 0.1) is 13.8 Å². The number of ether oxygens (including phenoxy) is 1. The summed E-state index contributed by atoms with van der Waals surface area (Å²) >= 11 is 1.40. The van der Waals surface area contributed by atoms with Crippen LogP contribution in [0.25, 0.3) is 0 Å². The van der Waals surface area contributed by atoms with Gasteiger partial charge in [0.2, 0.25) is 10.0 Å². The number of aromatic nitrogens is 1.